The van der Waals surface area contributed by atoms with Crippen LogP contribution in [0, 0.1) is 11.3 Å². The SMILES string of the molecule is CC1NC2CCC(S(=O)(=O)O)=CC2C1(C)C. The summed E-state index contributed by atoms with van der Waals surface area (Å²) in [5, 5.41) is 3.50. The lowest BCUT2D eigenvalue weighted by molar-refractivity contribution is 0.263. The zero-order chi connectivity index (χ0) is 12.1. The summed E-state index contributed by atoms with van der Waals surface area (Å²) in [5.74, 6) is 0.188. The van der Waals surface area contributed by atoms with Gasteiger partial charge in [0.2, 0.25) is 0 Å². The summed E-state index contributed by atoms with van der Waals surface area (Å²) in [6.07, 6.45) is 2.97. The zero-order valence-electron chi connectivity index (χ0n) is 9.90. The molecule has 0 bridgehead atoms. The molecule has 0 spiro atoms. The predicted molar refractivity (Wildman–Crippen MR) is 62.5 cm³/mol. The van der Waals surface area contributed by atoms with Crippen molar-refractivity contribution in [2.24, 2.45) is 11.3 Å². The molecule has 3 atom stereocenters. The van der Waals surface area contributed by atoms with Gasteiger partial charge in [-0.05, 0) is 25.2 Å². The van der Waals surface area contributed by atoms with Gasteiger partial charge in [-0.15, -0.1) is 0 Å². The number of hydrogen-bond donors (Lipinski definition) is 2. The Balaban J connectivity index is 2.37. The second-order valence-electron chi connectivity index (χ2n) is 5.49. The Bertz CT molecular complexity index is 425. The number of rotatable bonds is 1. The fourth-order valence-electron chi connectivity index (χ4n) is 2.84. The highest BCUT2D eigenvalue weighted by molar-refractivity contribution is 7.89. The molecule has 1 saturated heterocycles. The maximum absolute atomic E-state index is 11.1. The van der Waals surface area contributed by atoms with E-state index in [1.807, 2.05) is 0 Å². The van der Waals surface area contributed by atoms with Crippen LogP contribution < -0.4 is 5.32 Å². The third-order valence-electron chi connectivity index (χ3n) is 4.27. The standard InChI is InChI=1S/C11H19NO3S/c1-7-11(2,3)9-6-8(16(13,14)15)4-5-10(9)12-7/h6-7,9-10,12H,4-5H2,1-3H3,(H,13,14,15). The van der Waals surface area contributed by atoms with Crippen molar-refractivity contribution in [2.75, 3.05) is 0 Å². The number of hydrogen-bond acceptors (Lipinski definition) is 3. The molecular formula is C11H19NO3S. The van der Waals surface area contributed by atoms with E-state index < -0.39 is 10.1 Å². The van der Waals surface area contributed by atoms with Gasteiger partial charge in [0, 0.05) is 18.0 Å². The molecule has 2 aliphatic rings. The van der Waals surface area contributed by atoms with Crippen LogP contribution in [-0.4, -0.2) is 25.1 Å². The van der Waals surface area contributed by atoms with E-state index in [1.54, 1.807) is 6.08 Å². The second-order valence-corrected chi connectivity index (χ2v) is 6.96. The Morgan fingerprint density at radius 2 is 2.12 bits per heavy atom. The van der Waals surface area contributed by atoms with Crippen LogP contribution in [0.1, 0.15) is 33.6 Å². The van der Waals surface area contributed by atoms with Crippen LogP contribution >= 0.6 is 0 Å². The lowest BCUT2D eigenvalue weighted by Crippen LogP contribution is -2.32. The van der Waals surface area contributed by atoms with Crippen molar-refractivity contribution >= 4 is 10.1 Å². The van der Waals surface area contributed by atoms with E-state index >= 15 is 0 Å². The summed E-state index contributed by atoms with van der Waals surface area (Å²) in [5.41, 5.74) is 0.0288. The smallest absolute Gasteiger partial charge is 0.290 e. The van der Waals surface area contributed by atoms with Crippen molar-refractivity contribution in [3.8, 4) is 0 Å². The van der Waals surface area contributed by atoms with Crippen LogP contribution in [0.3, 0.4) is 0 Å². The third-order valence-corrected chi connectivity index (χ3v) is 5.27. The van der Waals surface area contributed by atoms with E-state index in [0.29, 0.717) is 18.5 Å². The maximum atomic E-state index is 11.1. The molecule has 2 rings (SSSR count). The first kappa shape index (κ1) is 12.1. The molecule has 1 aliphatic heterocycles. The molecule has 0 aromatic rings. The highest BCUT2D eigenvalue weighted by Gasteiger charge is 2.47. The Kier molecular flexibility index (Phi) is 2.68. The van der Waals surface area contributed by atoms with Gasteiger partial charge in [0.1, 0.15) is 0 Å². The molecule has 0 saturated carbocycles. The summed E-state index contributed by atoms with van der Waals surface area (Å²) in [6, 6.07) is 0.704. The minimum absolute atomic E-state index is 0.0288. The molecule has 3 unspecified atom stereocenters. The molecule has 1 aliphatic carbocycles. The van der Waals surface area contributed by atoms with Gasteiger partial charge >= 0.3 is 0 Å². The average molecular weight is 245 g/mol. The van der Waals surface area contributed by atoms with Crippen LogP contribution in [0.25, 0.3) is 0 Å². The molecule has 2 N–H and O–H groups in total. The van der Waals surface area contributed by atoms with Gasteiger partial charge in [0.05, 0.1) is 4.91 Å². The van der Waals surface area contributed by atoms with E-state index in [2.05, 4.69) is 26.1 Å². The number of allylic oxidation sites excluding steroid dienone is 1. The molecule has 0 radical (unpaired) electrons. The first-order valence-corrected chi connectivity index (χ1v) is 7.11. The third kappa shape index (κ3) is 1.81. The van der Waals surface area contributed by atoms with Crippen LogP contribution in [-0.2, 0) is 10.1 Å². The van der Waals surface area contributed by atoms with Gasteiger partial charge in [-0.2, -0.15) is 8.42 Å². The van der Waals surface area contributed by atoms with Crippen molar-refractivity contribution in [1.29, 1.82) is 0 Å². The Labute approximate surface area is 96.9 Å². The lowest BCUT2D eigenvalue weighted by atomic mass is 9.72. The van der Waals surface area contributed by atoms with Crippen molar-refractivity contribution in [3.05, 3.63) is 11.0 Å². The lowest BCUT2D eigenvalue weighted by Gasteiger charge is -2.32. The van der Waals surface area contributed by atoms with Crippen molar-refractivity contribution in [3.63, 3.8) is 0 Å². The van der Waals surface area contributed by atoms with Gasteiger partial charge in [-0.1, -0.05) is 19.9 Å². The van der Waals surface area contributed by atoms with Gasteiger partial charge in [0.15, 0.2) is 0 Å². The Morgan fingerprint density at radius 1 is 1.50 bits per heavy atom. The topological polar surface area (TPSA) is 66.4 Å². The summed E-state index contributed by atoms with van der Waals surface area (Å²) in [6.45, 7) is 6.40. The zero-order valence-corrected chi connectivity index (χ0v) is 10.7. The summed E-state index contributed by atoms with van der Waals surface area (Å²) < 4.78 is 31.4. The van der Waals surface area contributed by atoms with E-state index in [9.17, 15) is 8.42 Å². The van der Waals surface area contributed by atoms with Gasteiger partial charge in [-0.25, -0.2) is 0 Å². The summed E-state index contributed by atoms with van der Waals surface area (Å²) in [4.78, 5) is 0.192. The van der Waals surface area contributed by atoms with Crippen LogP contribution in [0.2, 0.25) is 0 Å². The van der Waals surface area contributed by atoms with E-state index in [1.165, 1.54) is 0 Å². The van der Waals surface area contributed by atoms with Gasteiger partial charge in [-0.3, -0.25) is 4.55 Å². The normalized spacial score (nSPS) is 38.0. The van der Waals surface area contributed by atoms with Crippen molar-refractivity contribution < 1.29 is 13.0 Å². The largest absolute Gasteiger partial charge is 0.310 e. The van der Waals surface area contributed by atoms with Crippen LogP contribution in [0.4, 0.5) is 0 Å². The fourth-order valence-corrected chi connectivity index (χ4v) is 3.53. The molecule has 1 fully saturated rings. The monoisotopic (exact) mass is 245 g/mol. The molecule has 0 amide bonds. The average Bonchev–Trinajstić information content (AvgIpc) is 2.37. The predicted octanol–water partition coefficient (Wildman–Crippen LogP) is 1.55. The molecule has 4 nitrogen and oxygen atoms in total. The summed E-state index contributed by atoms with van der Waals surface area (Å²) in [7, 11) is -4.00. The number of nitrogens with one attached hydrogen (secondary N) is 1. The molecule has 0 aromatic heterocycles. The van der Waals surface area contributed by atoms with Gasteiger partial charge < -0.3 is 5.32 Å². The first-order chi connectivity index (χ1) is 7.23. The highest BCUT2D eigenvalue weighted by atomic mass is 32.2. The first-order valence-electron chi connectivity index (χ1n) is 5.67. The Morgan fingerprint density at radius 3 is 2.69 bits per heavy atom. The Hall–Kier alpha value is -0.390. The van der Waals surface area contributed by atoms with Crippen molar-refractivity contribution in [2.45, 2.75) is 45.7 Å². The molecule has 5 heteroatoms. The molecule has 0 aromatic carbocycles. The van der Waals surface area contributed by atoms with Crippen LogP contribution in [0.5, 0.6) is 0 Å². The molecule has 1 heterocycles. The minimum atomic E-state index is -4.00. The molecule has 16 heavy (non-hydrogen) atoms. The highest BCUT2D eigenvalue weighted by Crippen LogP contribution is 2.45. The fraction of sp³-hybridized carbons (Fsp3) is 0.818. The van der Waals surface area contributed by atoms with E-state index in [-0.39, 0.29) is 16.2 Å². The number of fused-ring (bicyclic) bond motifs is 1. The van der Waals surface area contributed by atoms with E-state index in [0.717, 1.165) is 6.42 Å². The van der Waals surface area contributed by atoms with E-state index in [4.69, 9.17) is 4.55 Å². The van der Waals surface area contributed by atoms with Gasteiger partial charge in [0.25, 0.3) is 10.1 Å². The second kappa shape index (κ2) is 3.55. The van der Waals surface area contributed by atoms with Crippen molar-refractivity contribution in [1.82, 2.24) is 5.32 Å². The summed E-state index contributed by atoms with van der Waals surface area (Å²) >= 11 is 0. The maximum Gasteiger partial charge on any atom is 0.290 e. The quantitative estimate of drug-likeness (QED) is 0.688. The minimum Gasteiger partial charge on any atom is -0.310 e. The molecule has 92 valence electrons. The molecular weight excluding hydrogens is 226 g/mol. The van der Waals surface area contributed by atoms with Crippen LogP contribution in [0.15, 0.2) is 11.0 Å².